The van der Waals surface area contributed by atoms with E-state index in [2.05, 4.69) is 5.32 Å². The number of aromatic hydroxyl groups is 1. The summed E-state index contributed by atoms with van der Waals surface area (Å²) in [6.07, 6.45) is 1.05. The van der Waals surface area contributed by atoms with Gasteiger partial charge in [-0.2, -0.15) is 0 Å². The van der Waals surface area contributed by atoms with Crippen molar-refractivity contribution < 1.29 is 9.52 Å². The monoisotopic (exact) mass is 217 g/mol. The van der Waals surface area contributed by atoms with E-state index in [9.17, 15) is 4.79 Å². The van der Waals surface area contributed by atoms with Gasteiger partial charge < -0.3 is 14.8 Å². The Labute approximate surface area is 92.2 Å². The average molecular weight is 217 g/mol. The van der Waals surface area contributed by atoms with Gasteiger partial charge in [0.2, 0.25) is 5.43 Å². The third-order valence-electron chi connectivity index (χ3n) is 2.11. The van der Waals surface area contributed by atoms with Crippen LogP contribution in [0.5, 0.6) is 5.75 Å². The van der Waals surface area contributed by atoms with Crippen LogP contribution in [0.4, 0.5) is 5.69 Å². The predicted molar refractivity (Wildman–Crippen MR) is 60.4 cm³/mol. The highest BCUT2D eigenvalue weighted by Crippen LogP contribution is 2.08. The van der Waals surface area contributed by atoms with Crippen molar-refractivity contribution in [2.75, 3.05) is 5.32 Å². The fourth-order valence-corrected chi connectivity index (χ4v) is 1.28. The minimum Gasteiger partial charge on any atom is -0.502 e. The molecular weight excluding hydrogens is 206 g/mol. The molecule has 1 aromatic carbocycles. The fourth-order valence-electron chi connectivity index (χ4n) is 1.28. The fraction of sp³-hybridized carbons (Fsp3) is 0.0833. The van der Waals surface area contributed by atoms with Crippen molar-refractivity contribution in [2.45, 2.75) is 6.54 Å². The van der Waals surface area contributed by atoms with Crippen LogP contribution >= 0.6 is 0 Å². The molecule has 0 radical (unpaired) electrons. The Balaban J connectivity index is 2.05. The van der Waals surface area contributed by atoms with E-state index in [0.717, 1.165) is 12.0 Å². The zero-order valence-electron chi connectivity index (χ0n) is 8.51. The Hall–Kier alpha value is -2.23. The molecule has 0 spiro atoms. The van der Waals surface area contributed by atoms with Gasteiger partial charge in [0.25, 0.3) is 0 Å². The summed E-state index contributed by atoms with van der Waals surface area (Å²) in [5, 5.41) is 12.1. The lowest BCUT2D eigenvalue weighted by Crippen LogP contribution is -2.04. The van der Waals surface area contributed by atoms with Crippen LogP contribution in [-0.4, -0.2) is 5.11 Å². The number of para-hydroxylation sites is 1. The van der Waals surface area contributed by atoms with Crippen molar-refractivity contribution in [1.29, 1.82) is 0 Å². The first kappa shape index (κ1) is 10.3. The summed E-state index contributed by atoms with van der Waals surface area (Å²) in [7, 11) is 0. The molecule has 2 aromatic rings. The Morgan fingerprint density at radius 2 is 2.00 bits per heavy atom. The second-order valence-electron chi connectivity index (χ2n) is 3.32. The minimum absolute atomic E-state index is 0.372. The molecule has 0 aliphatic carbocycles. The molecule has 1 heterocycles. The number of nitrogens with one attached hydrogen (secondary N) is 1. The van der Waals surface area contributed by atoms with Crippen molar-refractivity contribution >= 4 is 5.69 Å². The first-order valence-corrected chi connectivity index (χ1v) is 4.85. The Kier molecular flexibility index (Phi) is 2.91. The summed E-state index contributed by atoms with van der Waals surface area (Å²) in [6.45, 7) is 0.402. The quantitative estimate of drug-likeness (QED) is 0.824. The van der Waals surface area contributed by atoms with Gasteiger partial charge in [-0.3, -0.25) is 4.79 Å². The topological polar surface area (TPSA) is 62.5 Å². The van der Waals surface area contributed by atoms with Crippen molar-refractivity contribution in [3.8, 4) is 5.75 Å². The number of rotatable bonds is 3. The first-order chi connectivity index (χ1) is 7.75. The maximum Gasteiger partial charge on any atom is 0.226 e. The zero-order valence-corrected chi connectivity index (χ0v) is 8.51. The van der Waals surface area contributed by atoms with Crippen molar-refractivity contribution in [2.24, 2.45) is 0 Å². The summed E-state index contributed by atoms with van der Waals surface area (Å²) >= 11 is 0. The van der Waals surface area contributed by atoms with Crippen LogP contribution in [-0.2, 0) is 6.54 Å². The highest BCUT2D eigenvalue weighted by atomic mass is 16.4. The highest BCUT2D eigenvalue weighted by molar-refractivity contribution is 5.42. The Morgan fingerprint density at radius 3 is 2.69 bits per heavy atom. The van der Waals surface area contributed by atoms with Gasteiger partial charge in [0.05, 0.1) is 6.54 Å². The molecule has 1 aromatic heterocycles. The summed E-state index contributed by atoms with van der Waals surface area (Å²) in [4.78, 5) is 11.1. The SMILES string of the molecule is O=c1cc(CNc2ccccc2)occ1O. The van der Waals surface area contributed by atoms with Gasteiger partial charge in [0.15, 0.2) is 5.75 Å². The van der Waals surface area contributed by atoms with Crippen LogP contribution in [0.25, 0.3) is 0 Å². The van der Waals surface area contributed by atoms with Crippen LogP contribution in [0, 0.1) is 0 Å². The smallest absolute Gasteiger partial charge is 0.226 e. The van der Waals surface area contributed by atoms with Crippen LogP contribution < -0.4 is 10.7 Å². The van der Waals surface area contributed by atoms with Gasteiger partial charge in [0, 0.05) is 11.8 Å². The van der Waals surface area contributed by atoms with Gasteiger partial charge in [-0.15, -0.1) is 0 Å². The van der Waals surface area contributed by atoms with E-state index >= 15 is 0 Å². The van der Waals surface area contributed by atoms with E-state index in [1.54, 1.807) is 0 Å². The molecule has 0 atom stereocenters. The molecule has 0 aliphatic heterocycles. The molecule has 4 heteroatoms. The largest absolute Gasteiger partial charge is 0.502 e. The van der Waals surface area contributed by atoms with E-state index in [1.165, 1.54) is 6.07 Å². The maximum absolute atomic E-state index is 11.1. The molecular formula is C12H11NO3. The second kappa shape index (κ2) is 4.53. The molecule has 0 bridgehead atoms. The van der Waals surface area contributed by atoms with Gasteiger partial charge in [-0.1, -0.05) is 18.2 Å². The molecule has 82 valence electrons. The number of hydrogen-bond acceptors (Lipinski definition) is 4. The van der Waals surface area contributed by atoms with Crippen molar-refractivity contribution in [1.82, 2.24) is 0 Å². The lowest BCUT2D eigenvalue weighted by atomic mass is 10.3. The number of benzene rings is 1. The maximum atomic E-state index is 11.1. The first-order valence-electron chi connectivity index (χ1n) is 4.85. The molecule has 0 saturated heterocycles. The third kappa shape index (κ3) is 2.42. The van der Waals surface area contributed by atoms with Crippen molar-refractivity contribution in [3.63, 3.8) is 0 Å². The highest BCUT2D eigenvalue weighted by Gasteiger charge is 2.01. The summed E-state index contributed by atoms with van der Waals surface area (Å²) < 4.78 is 5.05. The lowest BCUT2D eigenvalue weighted by Gasteiger charge is -2.04. The normalized spacial score (nSPS) is 10.0. The summed E-state index contributed by atoms with van der Waals surface area (Å²) in [6, 6.07) is 10.8. The average Bonchev–Trinajstić information content (AvgIpc) is 2.32. The number of hydrogen-bond donors (Lipinski definition) is 2. The van der Waals surface area contributed by atoms with Crippen LogP contribution in [0.3, 0.4) is 0 Å². The van der Waals surface area contributed by atoms with Gasteiger partial charge in [-0.05, 0) is 12.1 Å². The molecule has 0 saturated carbocycles. The third-order valence-corrected chi connectivity index (χ3v) is 2.11. The molecule has 0 fully saturated rings. The molecule has 0 amide bonds. The zero-order chi connectivity index (χ0) is 11.4. The van der Waals surface area contributed by atoms with Gasteiger partial charge in [0.1, 0.15) is 12.0 Å². The van der Waals surface area contributed by atoms with Crippen LogP contribution in [0.15, 0.2) is 51.9 Å². The van der Waals surface area contributed by atoms with Gasteiger partial charge >= 0.3 is 0 Å². The molecule has 0 aliphatic rings. The Morgan fingerprint density at radius 1 is 1.25 bits per heavy atom. The summed E-state index contributed by atoms with van der Waals surface area (Å²) in [5.74, 6) is 0.107. The van der Waals surface area contributed by atoms with Crippen LogP contribution in [0.1, 0.15) is 5.76 Å². The standard InChI is InChI=1S/C12H11NO3/c14-11-6-10(16-8-12(11)15)7-13-9-4-2-1-3-5-9/h1-6,8,13,15H,7H2. The molecule has 2 N–H and O–H groups in total. The minimum atomic E-state index is -0.434. The van der Waals surface area contributed by atoms with E-state index in [4.69, 9.17) is 9.52 Å². The predicted octanol–water partition coefficient (Wildman–Crippen LogP) is 1.96. The second-order valence-corrected chi connectivity index (χ2v) is 3.32. The lowest BCUT2D eigenvalue weighted by molar-refractivity contribution is 0.415. The van der Waals surface area contributed by atoms with Crippen LogP contribution in [0.2, 0.25) is 0 Å². The molecule has 4 nitrogen and oxygen atoms in total. The van der Waals surface area contributed by atoms with E-state index in [0.29, 0.717) is 12.3 Å². The molecule has 0 unspecified atom stereocenters. The van der Waals surface area contributed by atoms with E-state index in [-0.39, 0.29) is 5.75 Å². The summed E-state index contributed by atoms with van der Waals surface area (Å²) in [5.41, 5.74) is 0.509. The van der Waals surface area contributed by atoms with E-state index in [1.807, 2.05) is 30.3 Å². The van der Waals surface area contributed by atoms with Gasteiger partial charge in [-0.25, -0.2) is 0 Å². The number of anilines is 1. The Bertz CT molecular complexity index is 519. The molecule has 16 heavy (non-hydrogen) atoms. The van der Waals surface area contributed by atoms with E-state index < -0.39 is 5.43 Å². The van der Waals surface area contributed by atoms with Crippen molar-refractivity contribution in [3.05, 3.63) is 58.6 Å². The molecule has 2 rings (SSSR count).